The Kier molecular flexibility index (Phi) is 5.94. The Balaban J connectivity index is 0.000000671. The molecule has 0 aliphatic carbocycles. The fourth-order valence-electron chi connectivity index (χ4n) is 1.13. The molecule has 0 spiro atoms. The van der Waals surface area contributed by atoms with Gasteiger partial charge in [0.05, 0.1) is 12.8 Å². The molecule has 0 aliphatic heterocycles. The lowest BCUT2D eigenvalue weighted by molar-refractivity contribution is 0.404. The summed E-state index contributed by atoms with van der Waals surface area (Å²) in [5, 5.41) is 0. The van der Waals surface area contributed by atoms with Crippen molar-refractivity contribution in [1.29, 1.82) is 0 Å². The summed E-state index contributed by atoms with van der Waals surface area (Å²) in [5.41, 5.74) is 2.19. The topological polar surface area (TPSA) is 22.1 Å². The number of pyridine rings is 1. The van der Waals surface area contributed by atoms with Gasteiger partial charge in [-0.1, -0.05) is 20.8 Å². The van der Waals surface area contributed by atoms with Crippen molar-refractivity contribution >= 4 is 0 Å². The quantitative estimate of drug-likeness (QED) is 0.699. The van der Waals surface area contributed by atoms with E-state index in [0.29, 0.717) is 0 Å². The zero-order chi connectivity index (χ0) is 10.3. The molecule has 0 atom stereocenters. The van der Waals surface area contributed by atoms with E-state index < -0.39 is 0 Å². The van der Waals surface area contributed by atoms with E-state index in [0.717, 1.165) is 23.4 Å². The maximum atomic E-state index is 5.20. The lowest BCUT2D eigenvalue weighted by Crippen LogP contribution is -1.95. The molecule has 1 aromatic heterocycles. The van der Waals surface area contributed by atoms with Gasteiger partial charge in [0.2, 0.25) is 0 Å². The van der Waals surface area contributed by atoms with Crippen LogP contribution in [0.25, 0.3) is 0 Å². The fraction of sp³-hybridized carbons (Fsp3) is 0.545. The van der Waals surface area contributed by atoms with Gasteiger partial charge in [0.25, 0.3) is 0 Å². The molecule has 74 valence electrons. The van der Waals surface area contributed by atoms with Crippen molar-refractivity contribution in [3.8, 4) is 5.75 Å². The monoisotopic (exact) mass is 181 g/mol. The third-order valence-corrected chi connectivity index (χ3v) is 1.71. The molecule has 0 unspecified atom stereocenters. The zero-order valence-corrected chi connectivity index (χ0v) is 9.22. The van der Waals surface area contributed by atoms with Crippen LogP contribution in [0.5, 0.6) is 5.75 Å². The number of rotatable bonds is 2. The van der Waals surface area contributed by atoms with Crippen molar-refractivity contribution in [3.05, 3.63) is 23.5 Å². The Bertz CT molecular complexity index is 246. The number of hydrogen-bond donors (Lipinski definition) is 0. The molecule has 0 saturated heterocycles. The Labute approximate surface area is 81.0 Å². The molecule has 0 fully saturated rings. The van der Waals surface area contributed by atoms with Crippen LogP contribution in [0.2, 0.25) is 0 Å². The molecule has 13 heavy (non-hydrogen) atoms. The van der Waals surface area contributed by atoms with E-state index in [1.54, 1.807) is 7.11 Å². The van der Waals surface area contributed by atoms with Crippen molar-refractivity contribution in [3.63, 3.8) is 0 Å². The van der Waals surface area contributed by atoms with E-state index in [9.17, 15) is 0 Å². The summed E-state index contributed by atoms with van der Waals surface area (Å²) < 4.78 is 5.20. The number of aryl methyl sites for hydroxylation is 2. The average Bonchev–Trinajstić information content (AvgIpc) is 2.20. The van der Waals surface area contributed by atoms with Gasteiger partial charge in [0.1, 0.15) is 5.75 Å². The zero-order valence-electron chi connectivity index (χ0n) is 9.22. The van der Waals surface area contributed by atoms with E-state index in [2.05, 4.69) is 11.9 Å². The predicted octanol–water partition coefficient (Wildman–Crippen LogP) is 2.99. The molecule has 0 radical (unpaired) electrons. The highest BCUT2D eigenvalue weighted by Crippen LogP contribution is 2.20. The molecule has 0 bridgehead atoms. The van der Waals surface area contributed by atoms with Crippen LogP contribution in [0, 0.1) is 6.92 Å². The number of hydrogen-bond acceptors (Lipinski definition) is 2. The van der Waals surface area contributed by atoms with Crippen LogP contribution in [-0.2, 0) is 6.42 Å². The number of methoxy groups -OCH3 is 1. The van der Waals surface area contributed by atoms with Gasteiger partial charge in [0.15, 0.2) is 0 Å². The normalized spacial score (nSPS) is 8.69. The van der Waals surface area contributed by atoms with Crippen molar-refractivity contribution in [2.45, 2.75) is 34.1 Å². The van der Waals surface area contributed by atoms with Crippen molar-refractivity contribution in [1.82, 2.24) is 4.98 Å². The summed E-state index contributed by atoms with van der Waals surface area (Å²) in [6.07, 6.45) is 2.74. The summed E-state index contributed by atoms with van der Waals surface area (Å²) in [6, 6.07) is 1.96. The van der Waals surface area contributed by atoms with Gasteiger partial charge in [-0.25, -0.2) is 0 Å². The van der Waals surface area contributed by atoms with Crippen LogP contribution < -0.4 is 4.74 Å². The molecule has 0 aliphatic rings. The summed E-state index contributed by atoms with van der Waals surface area (Å²) in [6.45, 7) is 8.10. The molecule has 0 saturated carbocycles. The molecule has 2 nitrogen and oxygen atoms in total. The van der Waals surface area contributed by atoms with Crippen LogP contribution in [0.4, 0.5) is 0 Å². The van der Waals surface area contributed by atoms with E-state index in [4.69, 9.17) is 4.74 Å². The fourth-order valence-corrected chi connectivity index (χ4v) is 1.13. The Morgan fingerprint density at radius 1 is 1.38 bits per heavy atom. The molecule has 1 rings (SSSR count). The highest BCUT2D eigenvalue weighted by molar-refractivity contribution is 5.35. The van der Waals surface area contributed by atoms with Crippen molar-refractivity contribution in [2.75, 3.05) is 7.11 Å². The van der Waals surface area contributed by atoms with Crippen LogP contribution in [0.15, 0.2) is 12.3 Å². The molecule has 1 heterocycles. The van der Waals surface area contributed by atoms with Gasteiger partial charge in [-0.2, -0.15) is 0 Å². The second kappa shape index (κ2) is 6.46. The van der Waals surface area contributed by atoms with Gasteiger partial charge in [0, 0.05) is 6.20 Å². The summed E-state index contributed by atoms with van der Waals surface area (Å²) in [5.74, 6) is 0.926. The smallest absolute Gasteiger partial charge is 0.143 e. The van der Waals surface area contributed by atoms with Crippen LogP contribution in [-0.4, -0.2) is 12.1 Å². The summed E-state index contributed by atoms with van der Waals surface area (Å²) in [7, 11) is 1.68. The third-order valence-electron chi connectivity index (χ3n) is 1.71. The molecular formula is C11H19NO. The van der Waals surface area contributed by atoms with Crippen molar-refractivity contribution in [2.24, 2.45) is 0 Å². The molecule has 2 heteroatoms. The highest BCUT2D eigenvalue weighted by Gasteiger charge is 2.03. The molecule has 0 N–H and O–H groups in total. The number of nitrogens with zero attached hydrogens (tertiary/aromatic N) is 1. The lowest BCUT2D eigenvalue weighted by Gasteiger charge is -2.07. The second-order valence-electron chi connectivity index (χ2n) is 2.46. The first-order valence-electron chi connectivity index (χ1n) is 4.78. The number of ether oxygens (including phenoxy) is 1. The predicted molar refractivity (Wildman–Crippen MR) is 56.3 cm³/mol. The Hall–Kier alpha value is -1.05. The van der Waals surface area contributed by atoms with Crippen molar-refractivity contribution < 1.29 is 4.74 Å². The lowest BCUT2D eigenvalue weighted by atomic mass is 10.2. The Morgan fingerprint density at radius 3 is 2.38 bits per heavy atom. The molecular weight excluding hydrogens is 162 g/mol. The van der Waals surface area contributed by atoms with Gasteiger partial charge in [-0.05, 0) is 25.0 Å². The van der Waals surface area contributed by atoms with Crippen LogP contribution >= 0.6 is 0 Å². The molecule has 0 amide bonds. The average molecular weight is 181 g/mol. The minimum Gasteiger partial charge on any atom is -0.495 e. The largest absolute Gasteiger partial charge is 0.495 e. The maximum Gasteiger partial charge on any atom is 0.143 e. The first-order valence-corrected chi connectivity index (χ1v) is 4.78. The van der Waals surface area contributed by atoms with Gasteiger partial charge >= 0.3 is 0 Å². The minimum absolute atomic E-state index is 0.921. The summed E-state index contributed by atoms with van der Waals surface area (Å²) >= 11 is 0. The minimum atomic E-state index is 0.921. The second-order valence-corrected chi connectivity index (χ2v) is 2.46. The first kappa shape index (κ1) is 11.9. The van der Waals surface area contributed by atoms with E-state index >= 15 is 0 Å². The van der Waals surface area contributed by atoms with E-state index in [-0.39, 0.29) is 0 Å². The van der Waals surface area contributed by atoms with Gasteiger partial charge in [-0.3, -0.25) is 4.98 Å². The van der Waals surface area contributed by atoms with Gasteiger partial charge < -0.3 is 4.74 Å². The van der Waals surface area contributed by atoms with E-state index in [1.165, 1.54) is 0 Å². The van der Waals surface area contributed by atoms with Crippen LogP contribution in [0.3, 0.4) is 0 Å². The third kappa shape index (κ3) is 3.05. The van der Waals surface area contributed by atoms with Crippen LogP contribution in [0.1, 0.15) is 32.0 Å². The maximum absolute atomic E-state index is 5.20. The number of aromatic nitrogens is 1. The molecule has 0 aromatic carbocycles. The first-order chi connectivity index (χ1) is 6.29. The highest BCUT2D eigenvalue weighted by atomic mass is 16.5. The summed E-state index contributed by atoms with van der Waals surface area (Å²) in [4.78, 5) is 4.20. The standard InChI is InChI=1S/C9H13NO.C2H6/c1-4-8-9(11-3)7(2)5-6-10-8;1-2/h5-6H,4H2,1-3H3;1-2H3. The SMILES string of the molecule is CC.CCc1nccc(C)c1OC. The van der Waals surface area contributed by atoms with Gasteiger partial charge in [-0.15, -0.1) is 0 Å². The Morgan fingerprint density at radius 2 is 2.00 bits per heavy atom. The van der Waals surface area contributed by atoms with E-state index in [1.807, 2.05) is 33.0 Å². The molecule has 1 aromatic rings.